The Morgan fingerprint density at radius 3 is 2.86 bits per heavy atom. The molecule has 0 saturated carbocycles. The molecule has 2 aliphatic rings. The quantitative estimate of drug-likeness (QED) is 0.833. The lowest BCUT2D eigenvalue weighted by atomic mass is 9.84. The van der Waals surface area contributed by atoms with Gasteiger partial charge in [0.25, 0.3) is 5.91 Å². The summed E-state index contributed by atoms with van der Waals surface area (Å²) in [6, 6.07) is 10.2. The SMILES string of the molecule is Cn1ncc(C(=O)NCC2CCCC3(CCNCC3)O2)c1Cc1ccccc1. The summed E-state index contributed by atoms with van der Waals surface area (Å²) in [5, 5.41) is 10.8. The second kappa shape index (κ2) is 8.45. The maximum Gasteiger partial charge on any atom is 0.254 e. The summed E-state index contributed by atoms with van der Waals surface area (Å²) in [5.74, 6) is -0.0624. The van der Waals surface area contributed by atoms with Crippen molar-refractivity contribution < 1.29 is 9.53 Å². The molecule has 150 valence electrons. The average Bonchev–Trinajstić information content (AvgIpc) is 3.08. The number of ether oxygens (including phenoxy) is 1. The molecule has 6 nitrogen and oxygen atoms in total. The number of piperidine rings is 1. The molecule has 6 heteroatoms. The Kier molecular flexibility index (Phi) is 5.78. The zero-order valence-corrected chi connectivity index (χ0v) is 16.6. The van der Waals surface area contributed by atoms with Gasteiger partial charge in [0.15, 0.2) is 0 Å². The molecule has 1 aromatic heterocycles. The average molecular weight is 383 g/mol. The first-order valence-corrected chi connectivity index (χ1v) is 10.4. The third kappa shape index (κ3) is 4.28. The molecule has 1 unspecified atom stereocenters. The van der Waals surface area contributed by atoms with Crippen molar-refractivity contribution in [3.63, 3.8) is 0 Å². The van der Waals surface area contributed by atoms with Crippen LogP contribution in [0.25, 0.3) is 0 Å². The number of carbonyl (C=O) groups excluding carboxylic acids is 1. The van der Waals surface area contributed by atoms with Crippen molar-refractivity contribution in [3.8, 4) is 0 Å². The summed E-state index contributed by atoms with van der Waals surface area (Å²) >= 11 is 0. The van der Waals surface area contributed by atoms with Crippen molar-refractivity contribution in [2.45, 2.75) is 50.2 Å². The predicted octanol–water partition coefficient (Wildman–Crippen LogP) is 2.43. The first-order valence-electron chi connectivity index (χ1n) is 10.4. The minimum atomic E-state index is -0.0624. The first kappa shape index (κ1) is 19.2. The van der Waals surface area contributed by atoms with Crippen LogP contribution in [-0.2, 0) is 18.2 Å². The zero-order valence-electron chi connectivity index (χ0n) is 16.6. The molecular weight excluding hydrogens is 352 g/mol. The van der Waals surface area contributed by atoms with Crippen molar-refractivity contribution >= 4 is 5.91 Å². The van der Waals surface area contributed by atoms with Gasteiger partial charge in [-0.15, -0.1) is 0 Å². The number of nitrogens with zero attached hydrogens (tertiary/aromatic N) is 2. The molecule has 28 heavy (non-hydrogen) atoms. The second-order valence-electron chi connectivity index (χ2n) is 8.07. The van der Waals surface area contributed by atoms with Gasteiger partial charge in [0.1, 0.15) is 0 Å². The summed E-state index contributed by atoms with van der Waals surface area (Å²) in [6.07, 6.45) is 7.93. The highest BCUT2D eigenvalue weighted by atomic mass is 16.5. The third-order valence-corrected chi connectivity index (χ3v) is 6.10. The van der Waals surface area contributed by atoms with Crippen LogP contribution >= 0.6 is 0 Å². The Balaban J connectivity index is 1.38. The molecule has 2 aromatic rings. The van der Waals surface area contributed by atoms with Crippen molar-refractivity contribution in [2.24, 2.45) is 7.05 Å². The van der Waals surface area contributed by atoms with Crippen molar-refractivity contribution in [3.05, 3.63) is 53.3 Å². The maximum absolute atomic E-state index is 12.8. The lowest BCUT2D eigenvalue weighted by Crippen LogP contribution is -2.50. The van der Waals surface area contributed by atoms with Crippen LogP contribution in [0, 0.1) is 0 Å². The Bertz CT molecular complexity index is 791. The number of hydrogen-bond acceptors (Lipinski definition) is 4. The summed E-state index contributed by atoms with van der Waals surface area (Å²) < 4.78 is 8.25. The molecule has 2 fully saturated rings. The van der Waals surface area contributed by atoms with Crippen LogP contribution in [0.1, 0.15) is 53.7 Å². The predicted molar refractivity (Wildman–Crippen MR) is 108 cm³/mol. The van der Waals surface area contributed by atoms with E-state index in [2.05, 4.69) is 27.9 Å². The smallest absolute Gasteiger partial charge is 0.254 e. The number of carbonyl (C=O) groups is 1. The van der Waals surface area contributed by atoms with E-state index < -0.39 is 0 Å². The van der Waals surface area contributed by atoms with E-state index in [9.17, 15) is 4.79 Å². The van der Waals surface area contributed by atoms with Crippen LogP contribution < -0.4 is 10.6 Å². The number of nitrogens with one attached hydrogen (secondary N) is 2. The molecule has 1 spiro atoms. The van der Waals surface area contributed by atoms with Gasteiger partial charge in [-0.2, -0.15) is 5.10 Å². The van der Waals surface area contributed by atoms with Crippen LogP contribution in [-0.4, -0.2) is 47.0 Å². The van der Waals surface area contributed by atoms with Crippen LogP contribution in [0.3, 0.4) is 0 Å². The molecule has 2 aliphatic heterocycles. The number of amides is 1. The van der Waals surface area contributed by atoms with Gasteiger partial charge < -0.3 is 15.4 Å². The number of aromatic nitrogens is 2. The fourth-order valence-electron chi connectivity index (χ4n) is 4.47. The van der Waals surface area contributed by atoms with Crippen LogP contribution in [0.5, 0.6) is 0 Å². The summed E-state index contributed by atoms with van der Waals surface area (Å²) in [6.45, 7) is 2.61. The molecule has 4 rings (SSSR count). The number of benzene rings is 1. The van der Waals surface area contributed by atoms with Gasteiger partial charge in [-0.3, -0.25) is 9.48 Å². The van der Waals surface area contributed by atoms with Gasteiger partial charge in [-0.05, 0) is 50.8 Å². The summed E-state index contributed by atoms with van der Waals surface area (Å²) in [5.41, 5.74) is 2.77. The Morgan fingerprint density at radius 2 is 2.07 bits per heavy atom. The van der Waals surface area contributed by atoms with E-state index in [4.69, 9.17) is 4.74 Å². The fourth-order valence-corrected chi connectivity index (χ4v) is 4.47. The lowest BCUT2D eigenvalue weighted by Gasteiger charge is -2.44. The highest BCUT2D eigenvalue weighted by Crippen LogP contribution is 2.35. The van der Waals surface area contributed by atoms with Gasteiger partial charge in [0.2, 0.25) is 0 Å². The topological polar surface area (TPSA) is 68.2 Å². The number of hydrogen-bond donors (Lipinski definition) is 2. The molecule has 0 bridgehead atoms. The molecule has 3 heterocycles. The molecule has 1 aromatic carbocycles. The summed E-state index contributed by atoms with van der Waals surface area (Å²) in [7, 11) is 1.89. The van der Waals surface area contributed by atoms with Crippen LogP contribution in [0.4, 0.5) is 0 Å². The number of aryl methyl sites for hydroxylation is 1. The van der Waals surface area contributed by atoms with Gasteiger partial charge in [0.05, 0.1) is 29.2 Å². The Morgan fingerprint density at radius 1 is 1.29 bits per heavy atom. The third-order valence-electron chi connectivity index (χ3n) is 6.10. The van der Waals surface area contributed by atoms with Gasteiger partial charge in [-0.25, -0.2) is 0 Å². The lowest BCUT2D eigenvalue weighted by molar-refractivity contribution is -0.139. The highest BCUT2D eigenvalue weighted by molar-refractivity contribution is 5.95. The van der Waals surface area contributed by atoms with E-state index >= 15 is 0 Å². The van der Waals surface area contributed by atoms with E-state index in [1.165, 1.54) is 12.0 Å². The minimum Gasteiger partial charge on any atom is -0.370 e. The Labute approximate surface area is 166 Å². The molecule has 1 atom stereocenters. The summed E-state index contributed by atoms with van der Waals surface area (Å²) in [4.78, 5) is 12.8. The monoisotopic (exact) mass is 382 g/mol. The molecular formula is C22H30N4O2. The standard InChI is InChI=1S/C22H30N4O2/c1-26-20(14-17-6-3-2-4-7-17)19(16-25-26)21(27)24-15-18-8-5-9-22(28-18)10-12-23-13-11-22/h2-4,6-7,16,18,23H,5,8-15H2,1H3,(H,24,27). The molecule has 1 amide bonds. The van der Waals surface area contributed by atoms with Crippen molar-refractivity contribution in [2.75, 3.05) is 19.6 Å². The number of rotatable bonds is 5. The van der Waals surface area contributed by atoms with E-state index in [0.717, 1.165) is 44.5 Å². The molecule has 2 N–H and O–H groups in total. The maximum atomic E-state index is 12.8. The normalized spacial score (nSPS) is 21.5. The zero-order chi connectivity index (χ0) is 19.4. The first-order chi connectivity index (χ1) is 13.7. The van der Waals surface area contributed by atoms with Gasteiger partial charge in [-0.1, -0.05) is 30.3 Å². The molecule has 0 radical (unpaired) electrons. The van der Waals surface area contributed by atoms with E-state index in [1.54, 1.807) is 10.9 Å². The fraction of sp³-hybridized carbons (Fsp3) is 0.545. The van der Waals surface area contributed by atoms with E-state index in [1.807, 2.05) is 25.2 Å². The van der Waals surface area contributed by atoms with E-state index in [0.29, 0.717) is 18.5 Å². The van der Waals surface area contributed by atoms with Crippen molar-refractivity contribution in [1.82, 2.24) is 20.4 Å². The van der Waals surface area contributed by atoms with E-state index in [-0.39, 0.29) is 17.6 Å². The molecule has 2 saturated heterocycles. The highest BCUT2D eigenvalue weighted by Gasteiger charge is 2.38. The van der Waals surface area contributed by atoms with Crippen LogP contribution in [0.15, 0.2) is 36.5 Å². The van der Waals surface area contributed by atoms with Gasteiger partial charge in [0, 0.05) is 20.0 Å². The van der Waals surface area contributed by atoms with Gasteiger partial charge >= 0.3 is 0 Å². The Hall–Kier alpha value is -2.18. The largest absolute Gasteiger partial charge is 0.370 e. The van der Waals surface area contributed by atoms with Crippen LogP contribution in [0.2, 0.25) is 0 Å². The minimum absolute atomic E-state index is 0.0195. The molecule has 0 aliphatic carbocycles. The second-order valence-corrected chi connectivity index (χ2v) is 8.07. The van der Waals surface area contributed by atoms with Crippen molar-refractivity contribution in [1.29, 1.82) is 0 Å².